The van der Waals surface area contributed by atoms with Gasteiger partial charge in [0, 0.05) is 7.05 Å². The summed E-state index contributed by atoms with van der Waals surface area (Å²) in [5, 5.41) is 3.92. The molecule has 4 nitrogen and oxygen atoms in total. The number of halogens is 2. The zero-order chi connectivity index (χ0) is 6.85. The van der Waals surface area contributed by atoms with Crippen molar-refractivity contribution in [2.75, 3.05) is 0 Å². The van der Waals surface area contributed by atoms with Gasteiger partial charge in [0.1, 0.15) is 5.82 Å². The SMILES string of the molecule is Br.Cn1nc(Br)nc1CN. The average Bonchev–Trinajstić information content (AvgIpc) is 2.10. The van der Waals surface area contributed by atoms with E-state index in [9.17, 15) is 0 Å². The molecule has 0 saturated carbocycles. The second-order valence-electron chi connectivity index (χ2n) is 1.62. The summed E-state index contributed by atoms with van der Waals surface area (Å²) in [6, 6.07) is 0. The van der Waals surface area contributed by atoms with Gasteiger partial charge in [0.2, 0.25) is 4.73 Å². The van der Waals surface area contributed by atoms with Crippen LogP contribution in [0, 0.1) is 0 Å². The summed E-state index contributed by atoms with van der Waals surface area (Å²) in [4.78, 5) is 3.97. The molecule has 0 unspecified atom stereocenters. The summed E-state index contributed by atoms with van der Waals surface area (Å²) in [6.45, 7) is 0.426. The van der Waals surface area contributed by atoms with E-state index in [2.05, 4.69) is 26.0 Å². The topological polar surface area (TPSA) is 56.7 Å². The molecule has 0 amide bonds. The molecule has 0 radical (unpaired) electrons. The van der Waals surface area contributed by atoms with Crippen molar-refractivity contribution in [3.05, 3.63) is 10.6 Å². The molecule has 0 fully saturated rings. The van der Waals surface area contributed by atoms with E-state index >= 15 is 0 Å². The Bertz CT molecular complexity index is 209. The number of hydrogen-bond donors (Lipinski definition) is 1. The van der Waals surface area contributed by atoms with Gasteiger partial charge in [-0.25, -0.2) is 4.98 Å². The first kappa shape index (κ1) is 10.1. The average molecular weight is 272 g/mol. The van der Waals surface area contributed by atoms with Gasteiger partial charge in [0.05, 0.1) is 6.54 Å². The minimum absolute atomic E-state index is 0. The van der Waals surface area contributed by atoms with Gasteiger partial charge in [-0.05, 0) is 15.9 Å². The maximum absolute atomic E-state index is 5.32. The Morgan fingerprint density at radius 1 is 1.70 bits per heavy atom. The van der Waals surface area contributed by atoms with E-state index in [4.69, 9.17) is 5.73 Å². The minimum atomic E-state index is 0. The normalized spacial score (nSPS) is 9.10. The molecule has 0 spiro atoms. The van der Waals surface area contributed by atoms with Crippen LogP contribution in [0.4, 0.5) is 0 Å². The first-order chi connectivity index (χ1) is 4.24. The summed E-state index contributed by atoms with van der Waals surface area (Å²) < 4.78 is 2.23. The standard InChI is InChI=1S/C4H7BrN4.BrH/c1-9-3(2-6)7-4(5)8-9;/h2,6H2,1H3;1H. The fourth-order valence-electron chi connectivity index (χ4n) is 0.560. The van der Waals surface area contributed by atoms with Crippen LogP contribution in [0.1, 0.15) is 5.82 Å². The van der Waals surface area contributed by atoms with Gasteiger partial charge >= 0.3 is 0 Å². The molecule has 58 valence electrons. The van der Waals surface area contributed by atoms with Gasteiger partial charge in [-0.2, -0.15) is 0 Å². The number of nitrogens with zero attached hydrogens (tertiary/aromatic N) is 3. The zero-order valence-corrected chi connectivity index (χ0v) is 8.71. The molecular weight excluding hydrogens is 264 g/mol. The highest BCUT2D eigenvalue weighted by atomic mass is 79.9. The molecule has 0 atom stereocenters. The van der Waals surface area contributed by atoms with E-state index in [0.29, 0.717) is 11.3 Å². The number of hydrogen-bond acceptors (Lipinski definition) is 3. The highest BCUT2D eigenvalue weighted by molar-refractivity contribution is 9.10. The molecule has 0 aromatic carbocycles. The maximum atomic E-state index is 5.32. The number of aryl methyl sites for hydroxylation is 1. The van der Waals surface area contributed by atoms with Crippen molar-refractivity contribution in [2.24, 2.45) is 12.8 Å². The van der Waals surface area contributed by atoms with Gasteiger partial charge in [-0.1, -0.05) is 0 Å². The molecule has 0 aliphatic heterocycles. The van der Waals surface area contributed by atoms with Crippen LogP contribution in [0.3, 0.4) is 0 Å². The Morgan fingerprint density at radius 3 is 2.50 bits per heavy atom. The van der Waals surface area contributed by atoms with Gasteiger partial charge < -0.3 is 5.73 Å². The van der Waals surface area contributed by atoms with E-state index in [1.165, 1.54) is 0 Å². The minimum Gasteiger partial charge on any atom is -0.324 e. The lowest BCUT2D eigenvalue weighted by Gasteiger charge is -1.90. The van der Waals surface area contributed by atoms with Gasteiger partial charge in [0.25, 0.3) is 0 Å². The fraction of sp³-hybridized carbons (Fsp3) is 0.500. The van der Waals surface area contributed by atoms with Crippen LogP contribution < -0.4 is 5.73 Å². The summed E-state index contributed by atoms with van der Waals surface area (Å²) in [6.07, 6.45) is 0. The predicted octanol–water partition coefficient (Wildman–Crippen LogP) is 0.614. The molecule has 10 heavy (non-hydrogen) atoms. The van der Waals surface area contributed by atoms with Crippen LogP contribution in [0.2, 0.25) is 0 Å². The van der Waals surface area contributed by atoms with Crippen molar-refractivity contribution in [2.45, 2.75) is 6.54 Å². The zero-order valence-electron chi connectivity index (χ0n) is 5.41. The van der Waals surface area contributed by atoms with Gasteiger partial charge in [-0.15, -0.1) is 22.1 Å². The number of aromatic nitrogens is 3. The Morgan fingerprint density at radius 2 is 2.30 bits per heavy atom. The molecule has 0 bridgehead atoms. The summed E-state index contributed by atoms with van der Waals surface area (Å²) in [5.74, 6) is 0.780. The summed E-state index contributed by atoms with van der Waals surface area (Å²) >= 11 is 3.13. The van der Waals surface area contributed by atoms with Crippen molar-refractivity contribution in [3.8, 4) is 0 Å². The van der Waals surface area contributed by atoms with Crippen molar-refractivity contribution < 1.29 is 0 Å². The Hall–Kier alpha value is 0.0600. The Kier molecular flexibility index (Phi) is 4.07. The van der Waals surface area contributed by atoms with Crippen LogP contribution in [-0.2, 0) is 13.6 Å². The quantitative estimate of drug-likeness (QED) is 0.815. The molecule has 1 aromatic heterocycles. The van der Waals surface area contributed by atoms with Crippen LogP contribution in [0.5, 0.6) is 0 Å². The predicted molar refractivity (Wildman–Crippen MR) is 46.9 cm³/mol. The van der Waals surface area contributed by atoms with Crippen molar-refractivity contribution in [1.82, 2.24) is 14.8 Å². The largest absolute Gasteiger partial charge is 0.324 e. The number of nitrogens with two attached hydrogens (primary N) is 1. The maximum Gasteiger partial charge on any atom is 0.217 e. The second-order valence-corrected chi connectivity index (χ2v) is 2.33. The third-order valence-electron chi connectivity index (χ3n) is 1.01. The number of rotatable bonds is 1. The monoisotopic (exact) mass is 270 g/mol. The van der Waals surface area contributed by atoms with E-state index in [-0.39, 0.29) is 17.0 Å². The Balaban J connectivity index is 0.000000810. The van der Waals surface area contributed by atoms with Crippen LogP contribution in [0.15, 0.2) is 4.73 Å². The Labute approximate surface area is 77.7 Å². The van der Waals surface area contributed by atoms with Crippen LogP contribution in [0.25, 0.3) is 0 Å². The van der Waals surface area contributed by atoms with Crippen molar-refractivity contribution in [1.29, 1.82) is 0 Å². The van der Waals surface area contributed by atoms with Gasteiger partial charge in [-0.3, -0.25) is 4.68 Å². The summed E-state index contributed by atoms with van der Waals surface area (Å²) in [5.41, 5.74) is 5.32. The lowest BCUT2D eigenvalue weighted by molar-refractivity contribution is 0.700. The second kappa shape index (κ2) is 4.05. The highest BCUT2D eigenvalue weighted by Crippen LogP contribution is 2.01. The molecular formula is C4H8Br2N4. The van der Waals surface area contributed by atoms with E-state index < -0.39 is 0 Å². The molecule has 0 aliphatic carbocycles. The van der Waals surface area contributed by atoms with E-state index in [1.807, 2.05) is 0 Å². The van der Waals surface area contributed by atoms with Crippen molar-refractivity contribution >= 4 is 32.9 Å². The molecule has 0 aliphatic rings. The first-order valence-electron chi connectivity index (χ1n) is 2.49. The fourth-order valence-corrected chi connectivity index (χ4v) is 1.00. The van der Waals surface area contributed by atoms with Gasteiger partial charge in [0.15, 0.2) is 0 Å². The highest BCUT2D eigenvalue weighted by Gasteiger charge is 1.99. The lowest BCUT2D eigenvalue weighted by atomic mass is 10.6. The third kappa shape index (κ3) is 2.03. The third-order valence-corrected chi connectivity index (χ3v) is 1.35. The van der Waals surface area contributed by atoms with Crippen LogP contribution in [-0.4, -0.2) is 14.8 Å². The molecule has 1 rings (SSSR count). The molecule has 6 heteroatoms. The molecule has 2 N–H and O–H groups in total. The smallest absolute Gasteiger partial charge is 0.217 e. The van der Waals surface area contributed by atoms with Crippen LogP contribution >= 0.6 is 32.9 Å². The van der Waals surface area contributed by atoms with Crippen molar-refractivity contribution in [3.63, 3.8) is 0 Å². The molecule has 1 aromatic rings. The van der Waals surface area contributed by atoms with E-state index in [0.717, 1.165) is 5.82 Å². The molecule has 0 saturated heterocycles. The first-order valence-corrected chi connectivity index (χ1v) is 3.29. The molecule has 1 heterocycles. The summed E-state index contributed by atoms with van der Waals surface area (Å²) in [7, 11) is 1.81. The lowest BCUT2D eigenvalue weighted by Crippen LogP contribution is -2.05. The van der Waals surface area contributed by atoms with E-state index in [1.54, 1.807) is 11.7 Å².